The van der Waals surface area contributed by atoms with Gasteiger partial charge < -0.3 is 29.6 Å². The molecular formula is C24H46N2O5. The molecule has 0 aliphatic heterocycles. The maximum Gasteiger partial charge on any atom is 0.314 e. The van der Waals surface area contributed by atoms with Crippen LogP contribution < -0.4 is 10.6 Å². The predicted octanol–water partition coefficient (Wildman–Crippen LogP) is 3.76. The van der Waals surface area contributed by atoms with Gasteiger partial charge >= 0.3 is 6.03 Å². The van der Waals surface area contributed by atoms with Crippen LogP contribution in [0.5, 0.6) is 0 Å². The SMILES string of the molecule is COCCOCCOCCOCCCCCNC(=O)NCCC1CC2CCCC(C2)C1. The molecule has 2 bridgehead atoms. The Hall–Kier alpha value is -0.890. The molecule has 0 radical (unpaired) electrons. The Bertz CT molecular complexity index is 440. The summed E-state index contributed by atoms with van der Waals surface area (Å²) in [6, 6.07) is -0.0180. The average molecular weight is 443 g/mol. The fourth-order valence-corrected chi connectivity index (χ4v) is 4.95. The number of urea groups is 1. The fourth-order valence-electron chi connectivity index (χ4n) is 4.95. The van der Waals surface area contributed by atoms with Crippen LogP contribution in [0.3, 0.4) is 0 Å². The lowest BCUT2D eigenvalue weighted by molar-refractivity contribution is 0.00325. The van der Waals surface area contributed by atoms with Gasteiger partial charge in [0.2, 0.25) is 0 Å². The molecule has 0 saturated heterocycles. The molecule has 2 N–H and O–H groups in total. The van der Waals surface area contributed by atoms with Crippen LogP contribution in [0.25, 0.3) is 0 Å². The highest BCUT2D eigenvalue weighted by atomic mass is 16.6. The van der Waals surface area contributed by atoms with Crippen molar-refractivity contribution in [2.45, 2.75) is 64.2 Å². The number of amides is 2. The lowest BCUT2D eigenvalue weighted by Crippen LogP contribution is -2.37. The second-order valence-corrected chi connectivity index (χ2v) is 9.10. The van der Waals surface area contributed by atoms with Gasteiger partial charge in [-0.15, -0.1) is 0 Å². The number of methoxy groups -OCH3 is 1. The van der Waals surface area contributed by atoms with Crippen molar-refractivity contribution in [1.82, 2.24) is 10.6 Å². The molecule has 2 atom stereocenters. The third-order valence-corrected chi connectivity index (χ3v) is 6.49. The van der Waals surface area contributed by atoms with E-state index in [-0.39, 0.29) is 6.03 Å². The van der Waals surface area contributed by atoms with Crippen LogP contribution in [-0.2, 0) is 18.9 Å². The number of carbonyl (C=O) groups is 1. The molecule has 0 heterocycles. The van der Waals surface area contributed by atoms with Crippen LogP contribution in [0, 0.1) is 17.8 Å². The second-order valence-electron chi connectivity index (χ2n) is 9.10. The number of hydrogen-bond donors (Lipinski definition) is 2. The minimum Gasteiger partial charge on any atom is -0.382 e. The Kier molecular flexibility index (Phi) is 15.0. The molecule has 2 fully saturated rings. The summed E-state index contributed by atoms with van der Waals surface area (Å²) >= 11 is 0. The van der Waals surface area contributed by atoms with E-state index in [0.717, 1.165) is 63.1 Å². The Morgan fingerprint density at radius 3 is 2.03 bits per heavy atom. The topological polar surface area (TPSA) is 78.1 Å². The summed E-state index contributed by atoms with van der Waals surface area (Å²) < 4.78 is 21.2. The molecule has 7 nitrogen and oxygen atoms in total. The van der Waals surface area contributed by atoms with E-state index in [9.17, 15) is 4.79 Å². The number of hydrogen-bond acceptors (Lipinski definition) is 5. The van der Waals surface area contributed by atoms with Gasteiger partial charge in [-0.05, 0) is 62.7 Å². The molecule has 182 valence electrons. The van der Waals surface area contributed by atoms with Gasteiger partial charge in [0.15, 0.2) is 0 Å². The summed E-state index contributed by atoms with van der Waals surface area (Å²) in [6.07, 6.45) is 12.7. The minimum absolute atomic E-state index is 0.0180. The molecular weight excluding hydrogens is 396 g/mol. The van der Waals surface area contributed by atoms with E-state index in [1.165, 1.54) is 38.5 Å². The molecule has 2 saturated carbocycles. The Labute approximate surface area is 189 Å². The number of fused-ring (bicyclic) bond motifs is 2. The van der Waals surface area contributed by atoms with Gasteiger partial charge in [-0.1, -0.05) is 19.3 Å². The van der Waals surface area contributed by atoms with E-state index in [1.54, 1.807) is 7.11 Å². The van der Waals surface area contributed by atoms with E-state index in [1.807, 2.05) is 0 Å². The van der Waals surface area contributed by atoms with Crippen LogP contribution in [0.15, 0.2) is 0 Å². The maximum atomic E-state index is 11.9. The van der Waals surface area contributed by atoms with Crippen molar-refractivity contribution in [2.24, 2.45) is 17.8 Å². The molecule has 7 heteroatoms. The first-order valence-corrected chi connectivity index (χ1v) is 12.5. The summed E-state index contributed by atoms with van der Waals surface area (Å²) in [7, 11) is 1.66. The fraction of sp³-hybridized carbons (Fsp3) is 0.958. The highest BCUT2D eigenvalue weighted by Gasteiger charge is 2.31. The number of rotatable bonds is 18. The molecule has 31 heavy (non-hydrogen) atoms. The van der Waals surface area contributed by atoms with Crippen molar-refractivity contribution in [3.8, 4) is 0 Å². The summed E-state index contributed by atoms with van der Waals surface area (Å²) in [5.41, 5.74) is 0. The van der Waals surface area contributed by atoms with Crippen molar-refractivity contribution in [3.63, 3.8) is 0 Å². The zero-order valence-electron chi connectivity index (χ0n) is 19.7. The molecule has 0 spiro atoms. The summed E-state index contributed by atoms with van der Waals surface area (Å²) in [5.74, 6) is 2.76. The molecule has 2 unspecified atom stereocenters. The molecule has 2 aliphatic carbocycles. The van der Waals surface area contributed by atoms with Crippen molar-refractivity contribution in [3.05, 3.63) is 0 Å². The Balaban J connectivity index is 1.28. The quantitative estimate of drug-likeness (QED) is 0.316. The van der Waals surface area contributed by atoms with Gasteiger partial charge in [0.05, 0.1) is 39.6 Å². The molecule has 0 aromatic heterocycles. The predicted molar refractivity (Wildman–Crippen MR) is 122 cm³/mol. The molecule has 2 rings (SSSR count). The second kappa shape index (κ2) is 17.6. The monoisotopic (exact) mass is 442 g/mol. The molecule has 0 aromatic rings. The van der Waals surface area contributed by atoms with Crippen molar-refractivity contribution >= 4 is 6.03 Å². The average Bonchev–Trinajstić information content (AvgIpc) is 2.76. The lowest BCUT2D eigenvalue weighted by Gasteiger charge is -2.39. The minimum atomic E-state index is -0.0180. The van der Waals surface area contributed by atoms with Crippen LogP contribution in [0.4, 0.5) is 4.79 Å². The van der Waals surface area contributed by atoms with Crippen molar-refractivity contribution in [1.29, 1.82) is 0 Å². The zero-order chi connectivity index (χ0) is 22.0. The first-order valence-electron chi connectivity index (χ1n) is 12.5. The van der Waals surface area contributed by atoms with Crippen molar-refractivity contribution < 1.29 is 23.7 Å². The maximum absolute atomic E-state index is 11.9. The van der Waals surface area contributed by atoms with Gasteiger partial charge in [0.25, 0.3) is 0 Å². The largest absolute Gasteiger partial charge is 0.382 e. The van der Waals surface area contributed by atoms with Crippen LogP contribution in [0.2, 0.25) is 0 Å². The first-order chi connectivity index (χ1) is 15.3. The summed E-state index contributed by atoms with van der Waals surface area (Å²) in [4.78, 5) is 11.9. The number of carbonyl (C=O) groups excluding carboxylic acids is 1. The molecule has 2 aliphatic rings. The van der Waals surface area contributed by atoms with E-state index in [2.05, 4.69) is 10.6 Å². The lowest BCUT2D eigenvalue weighted by atomic mass is 9.67. The van der Waals surface area contributed by atoms with E-state index in [4.69, 9.17) is 18.9 Å². The van der Waals surface area contributed by atoms with E-state index < -0.39 is 0 Å². The molecule has 2 amide bonds. The summed E-state index contributed by atoms with van der Waals surface area (Å²) in [6.45, 7) is 5.88. The number of nitrogens with one attached hydrogen (secondary N) is 2. The van der Waals surface area contributed by atoms with Gasteiger partial charge in [-0.25, -0.2) is 4.79 Å². The number of unbranched alkanes of at least 4 members (excludes halogenated alkanes) is 2. The third kappa shape index (κ3) is 13.3. The zero-order valence-corrected chi connectivity index (χ0v) is 19.7. The van der Waals surface area contributed by atoms with E-state index in [0.29, 0.717) is 39.6 Å². The van der Waals surface area contributed by atoms with Gasteiger partial charge in [-0.3, -0.25) is 0 Å². The van der Waals surface area contributed by atoms with Crippen molar-refractivity contribution in [2.75, 3.05) is 66.4 Å². The Morgan fingerprint density at radius 2 is 1.35 bits per heavy atom. The standard InChI is InChI=1S/C24H46N2O5/c1-28-12-13-30-16-17-31-15-14-29-11-4-2-3-9-25-24(27)26-10-8-23-19-21-6-5-7-22(18-21)20-23/h21-23H,2-20H2,1H3,(H2,25,26,27). The normalized spacial score (nSPS) is 22.9. The van der Waals surface area contributed by atoms with Gasteiger partial charge in [-0.2, -0.15) is 0 Å². The van der Waals surface area contributed by atoms with Gasteiger partial charge in [0, 0.05) is 26.8 Å². The van der Waals surface area contributed by atoms with Crippen LogP contribution in [0.1, 0.15) is 64.2 Å². The highest BCUT2D eigenvalue weighted by molar-refractivity contribution is 5.73. The number of ether oxygens (including phenoxy) is 4. The Morgan fingerprint density at radius 1 is 0.742 bits per heavy atom. The third-order valence-electron chi connectivity index (χ3n) is 6.49. The molecule has 0 aromatic carbocycles. The first kappa shape index (κ1) is 26.4. The van der Waals surface area contributed by atoms with E-state index >= 15 is 0 Å². The van der Waals surface area contributed by atoms with Crippen LogP contribution in [-0.4, -0.2) is 72.5 Å². The smallest absolute Gasteiger partial charge is 0.314 e. The van der Waals surface area contributed by atoms with Crippen LogP contribution >= 0.6 is 0 Å². The summed E-state index contributed by atoms with van der Waals surface area (Å²) in [5, 5.41) is 6.01. The van der Waals surface area contributed by atoms with Gasteiger partial charge in [0.1, 0.15) is 0 Å². The highest BCUT2D eigenvalue weighted by Crippen LogP contribution is 2.43.